The zero-order chi connectivity index (χ0) is 25.2. The fourth-order valence-corrected chi connectivity index (χ4v) is 5.98. The lowest BCUT2D eigenvalue weighted by molar-refractivity contribution is -0.275. The molecule has 1 aromatic carbocycles. The van der Waals surface area contributed by atoms with E-state index in [0.717, 1.165) is 0 Å². The van der Waals surface area contributed by atoms with Crippen molar-refractivity contribution < 1.29 is 41.1 Å². The number of ether oxygens (including phenoxy) is 4. The molecule has 2 fully saturated rings. The molecular weight excluding hydrogens is 489 g/mol. The van der Waals surface area contributed by atoms with Crippen LogP contribution in [-0.4, -0.2) is 71.9 Å². The summed E-state index contributed by atoms with van der Waals surface area (Å²) in [5.74, 6) is 0.0402. The van der Waals surface area contributed by atoms with Gasteiger partial charge in [-0.3, -0.25) is 4.90 Å². The summed E-state index contributed by atoms with van der Waals surface area (Å²) >= 11 is 0. The van der Waals surface area contributed by atoms with Crippen LogP contribution in [-0.2, 0) is 20.5 Å². The first kappa shape index (κ1) is 26.0. The molecule has 12 heteroatoms. The highest BCUT2D eigenvalue weighted by Crippen LogP contribution is 2.42. The minimum Gasteiger partial charge on any atom is -0.490 e. The van der Waals surface area contributed by atoms with Crippen molar-refractivity contribution >= 4 is 17.1 Å². The van der Waals surface area contributed by atoms with Crippen molar-refractivity contribution in [3.63, 3.8) is 0 Å². The topological polar surface area (TPSA) is 86.3 Å². The molecule has 196 valence electrons. The lowest BCUT2D eigenvalue weighted by Crippen LogP contribution is -2.50. The molecule has 8 nitrogen and oxygen atoms in total. The molecule has 1 saturated heterocycles. The van der Waals surface area contributed by atoms with Crippen molar-refractivity contribution in [1.82, 2.24) is 9.62 Å². The number of carbonyl (C=O) groups excluding carboxylic acids is 1. The first-order chi connectivity index (χ1) is 16.6. The maximum Gasteiger partial charge on any atom is 0.573 e. The van der Waals surface area contributed by atoms with Crippen LogP contribution in [0.4, 0.5) is 18.0 Å². The van der Waals surface area contributed by atoms with Gasteiger partial charge in [0.2, 0.25) is 0 Å². The molecule has 4 atom stereocenters. The SMILES string of the molecule is CC1CC(NS(C)=O)C2COC3CCC(CC3)c3cc(ccc3OC(F)(F)F)OCCOC(=O)N12. The Morgan fingerprint density at radius 2 is 1.86 bits per heavy atom. The summed E-state index contributed by atoms with van der Waals surface area (Å²) in [5.41, 5.74) is 0.452. The molecule has 3 heterocycles. The van der Waals surface area contributed by atoms with E-state index < -0.39 is 23.4 Å². The Labute approximate surface area is 205 Å². The van der Waals surface area contributed by atoms with Gasteiger partial charge in [0.05, 0.1) is 29.7 Å². The van der Waals surface area contributed by atoms with E-state index >= 15 is 0 Å². The first-order valence-corrected chi connectivity index (χ1v) is 13.4. The van der Waals surface area contributed by atoms with E-state index in [4.69, 9.17) is 14.2 Å². The smallest absolute Gasteiger partial charge is 0.490 e. The highest BCUT2D eigenvalue weighted by atomic mass is 32.2. The summed E-state index contributed by atoms with van der Waals surface area (Å²) in [5, 5.41) is 0. The van der Waals surface area contributed by atoms with Crippen LogP contribution in [0.15, 0.2) is 18.2 Å². The molecule has 4 bridgehead atoms. The fourth-order valence-electron chi connectivity index (χ4n) is 5.30. The van der Waals surface area contributed by atoms with Crippen molar-refractivity contribution in [2.75, 3.05) is 26.1 Å². The molecule has 0 spiro atoms. The van der Waals surface area contributed by atoms with E-state index in [2.05, 4.69) is 9.46 Å². The summed E-state index contributed by atoms with van der Waals surface area (Å²) < 4.78 is 75.4. The third kappa shape index (κ3) is 6.59. The molecule has 35 heavy (non-hydrogen) atoms. The summed E-state index contributed by atoms with van der Waals surface area (Å²) in [4.78, 5) is 14.6. The van der Waals surface area contributed by atoms with Crippen LogP contribution in [0.1, 0.15) is 50.5 Å². The van der Waals surface area contributed by atoms with Crippen LogP contribution in [0.5, 0.6) is 11.5 Å². The molecule has 1 amide bonds. The Bertz CT molecular complexity index is 925. The van der Waals surface area contributed by atoms with Crippen LogP contribution in [0.3, 0.4) is 0 Å². The van der Waals surface area contributed by atoms with Gasteiger partial charge in [0, 0.05) is 23.9 Å². The predicted molar refractivity (Wildman–Crippen MR) is 122 cm³/mol. The number of rotatable bonds is 3. The molecule has 4 aliphatic rings. The number of alkyl halides is 3. The molecule has 1 saturated carbocycles. The van der Waals surface area contributed by atoms with E-state index in [9.17, 15) is 22.2 Å². The molecular formula is C23H31F3N2O6S. The zero-order valence-electron chi connectivity index (χ0n) is 19.7. The minimum absolute atomic E-state index is 0.0321. The van der Waals surface area contributed by atoms with Gasteiger partial charge in [-0.1, -0.05) is 0 Å². The molecule has 1 aliphatic carbocycles. The average molecular weight is 521 g/mol. The van der Waals surface area contributed by atoms with Crippen molar-refractivity contribution in [1.29, 1.82) is 0 Å². The van der Waals surface area contributed by atoms with Gasteiger partial charge in [-0.05, 0) is 63.1 Å². The predicted octanol–water partition coefficient (Wildman–Crippen LogP) is 3.87. The van der Waals surface area contributed by atoms with Crippen molar-refractivity contribution in [2.24, 2.45) is 0 Å². The highest BCUT2D eigenvalue weighted by Gasteiger charge is 2.44. The van der Waals surface area contributed by atoms with Gasteiger partial charge < -0.3 is 18.9 Å². The molecule has 4 unspecified atom stereocenters. The van der Waals surface area contributed by atoms with Gasteiger partial charge in [0.1, 0.15) is 24.7 Å². The van der Waals surface area contributed by atoms with Gasteiger partial charge in [0.15, 0.2) is 0 Å². The van der Waals surface area contributed by atoms with Gasteiger partial charge in [-0.25, -0.2) is 13.7 Å². The molecule has 1 aromatic rings. The zero-order valence-corrected chi connectivity index (χ0v) is 20.5. The number of benzene rings is 1. The number of nitrogens with zero attached hydrogens (tertiary/aromatic N) is 1. The lowest BCUT2D eigenvalue weighted by Gasteiger charge is -2.34. The highest BCUT2D eigenvalue weighted by molar-refractivity contribution is 7.82. The summed E-state index contributed by atoms with van der Waals surface area (Å²) in [7, 11) is -1.26. The number of hydrogen-bond donors (Lipinski definition) is 1. The van der Waals surface area contributed by atoms with Gasteiger partial charge in [-0.15, -0.1) is 13.2 Å². The average Bonchev–Trinajstić information content (AvgIpc) is 3.08. The number of carbonyl (C=O) groups is 1. The Balaban J connectivity index is 1.55. The van der Waals surface area contributed by atoms with Crippen LogP contribution in [0, 0.1) is 0 Å². The summed E-state index contributed by atoms with van der Waals surface area (Å²) in [6.07, 6.45) is -0.646. The number of hydrogen-bond acceptors (Lipinski definition) is 6. The van der Waals surface area contributed by atoms with Crippen LogP contribution in [0.2, 0.25) is 0 Å². The molecule has 5 rings (SSSR count). The number of nitrogens with one attached hydrogen (secondary N) is 1. The Morgan fingerprint density at radius 3 is 2.54 bits per heavy atom. The maximum atomic E-state index is 13.0. The Morgan fingerprint density at radius 1 is 1.14 bits per heavy atom. The van der Waals surface area contributed by atoms with Gasteiger partial charge in [-0.2, -0.15) is 0 Å². The van der Waals surface area contributed by atoms with Crippen molar-refractivity contribution in [2.45, 2.75) is 75.5 Å². The van der Waals surface area contributed by atoms with E-state index in [-0.39, 0.29) is 55.7 Å². The number of halogens is 3. The first-order valence-electron chi connectivity index (χ1n) is 11.8. The quantitative estimate of drug-likeness (QED) is 0.651. The van der Waals surface area contributed by atoms with Crippen molar-refractivity contribution in [3.8, 4) is 11.5 Å². The normalized spacial score (nSPS) is 30.8. The van der Waals surface area contributed by atoms with E-state index in [1.165, 1.54) is 12.1 Å². The summed E-state index contributed by atoms with van der Waals surface area (Å²) in [6, 6.07) is 3.59. The fraction of sp³-hybridized carbons (Fsp3) is 0.696. The Kier molecular flexibility index (Phi) is 8.12. The van der Waals surface area contributed by atoms with Gasteiger partial charge in [0.25, 0.3) is 0 Å². The van der Waals surface area contributed by atoms with Gasteiger partial charge >= 0.3 is 12.5 Å². The summed E-state index contributed by atoms with van der Waals surface area (Å²) in [6.45, 7) is 2.18. The largest absolute Gasteiger partial charge is 0.573 e. The standard InChI is InChI=1S/C23H31F3N2O6S/c1-14-11-19(27-35(2)30)20-13-33-16-5-3-15(4-6-16)18-12-17(7-8-21(18)34-23(24,25)26)31-9-10-32-22(29)28(14)20/h7-8,12,14-16,19-20,27H,3-6,9-11,13H2,1-2H3. The van der Waals surface area contributed by atoms with E-state index in [1.54, 1.807) is 17.2 Å². The Hall–Kier alpha value is -2.05. The van der Waals surface area contributed by atoms with Crippen molar-refractivity contribution in [3.05, 3.63) is 23.8 Å². The third-order valence-corrected chi connectivity index (χ3v) is 7.46. The third-order valence-electron chi connectivity index (χ3n) is 6.82. The number of fused-ring (bicyclic) bond motifs is 7. The monoisotopic (exact) mass is 520 g/mol. The van der Waals surface area contributed by atoms with Crippen LogP contribution < -0.4 is 14.2 Å². The molecule has 0 radical (unpaired) electrons. The van der Waals surface area contributed by atoms with Crippen LogP contribution >= 0.6 is 0 Å². The number of amides is 1. The molecule has 1 N–H and O–H groups in total. The second-order valence-corrected chi connectivity index (χ2v) is 10.4. The molecule has 0 aromatic heterocycles. The second kappa shape index (κ2) is 10.9. The minimum atomic E-state index is -4.79. The lowest BCUT2D eigenvalue weighted by atomic mass is 9.82. The second-order valence-electron chi connectivity index (χ2n) is 9.26. The van der Waals surface area contributed by atoms with E-state index in [1.807, 2.05) is 6.92 Å². The molecule has 3 aliphatic heterocycles. The van der Waals surface area contributed by atoms with E-state index in [0.29, 0.717) is 43.4 Å². The van der Waals surface area contributed by atoms with Crippen LogP contribution in [0.25, 0.3) is 0 Å². The maximum absolute atomic E-state index is 13.0.